The maximum atomic E-state index is 6.30. The first-order chi connectivity index (χ1) is 9.01. The van der Waals surface area contributed by atoms with Crippen molar-refractivity contribution in [1.29, 1.82) is 0 Å². The van der Waals surface area contributed by atoms with Crippen LogP contribution in [-0.4, -0.2) is 48.0 Å². The van der Waals surface area contributed by atoms with E-state index in [2.05, 4.69) is 16.9 Å². The minimum atomic E-state index is -0.248. The van der Waals surface area contributed by atoms with Crippen molar-refractivity contribution in [3.8, 4) is 0 Å². The monoisotopic (exact) mass is 288 g/mol. The highest BCUT2D eigenvalue weighted by molar-refractivity contribution is 6.31. The number of aromatic nitrogens is 2. The van der Waals surface area contributed by atoms with Gasteiger partial charge in [0.15, 0.2) is 0 Å². The zero-order valence-corrected chi connectivity index (χ0v) is 13.0. The molecule has 0 spiro atoms. The Morgan fingerprint density at radius 1 is 1.47 bits per heavy atom. The van der Waals surface area contributed by atoms with Crippen molar-refractivity contribution >= 4 is 11.6 Å². The molecule has 1 aromatic heterocycles. The maximum Gasteiger partial charge on any atom is 0.0835 e. The Morgan fingerprint density at radius 2 is 2.16 bits per heavy atom. The van der Waals surface area contributed by atoms with Gasteiger partial charge in [-0.05, 0) is 27.4 Å². The summed E-state index contributed by atoms with van der Waals surface area (Å²) in [5.41, 5.74) is 7.17. The zero-order chi connectivity index (χ0) is 14.4. The maximum absolute atomic E-state index is 6.30. The van der Waals surface area contributed by atoms with E-state index in [1.54, 1.807) is 6.20 Å². The van der Waals surface area contributed by atoms with Crippen molar-refractivity contribution in [2.24, 2.45) is 5.73 Å². The van der Waals surface area contributed by atoms with Crippen LogP contribution < -0.4 is 5.73 Å². The van der Waals surface area contributed by atoms with Crippen LogP contribution in [0.25, 0.3) is 0 Å². The molecule has 2 unspecified atom stereocenters. The lowest BCUT2D eigenvalue weighted by Crippen LogP contribution is -2.32. The Labute approximate surface area is 120 Å². The van der Waals surface area contributed by atoms with Gasteiger partial charge in [0.2, 0.25) is 0 Å². The predicted molar refractivity (Wildman–Crippen MR) is 78.4 cm³/mol. The van der Waals surface area contributed by atoms with E-state index in [-0.39, 0.29) is 12.1 Å². The van der Waals surface area contributed by atoms with E-state index in [0.717, 1.165) is 25.2 Å². The molecule has 0 bridgehead atoms. The molecule has 0 radical (unpaired) electrons. The lowest BCUT2D eigenvalue weighted by atomic mass is 10.1. The summed E-state index contributed by atoms with van der Waals surface area (Å²) in [7, 11) is 4.06. The fraction of sp³-hybridized carbons (Fsp3) is 0.769. The summed E-state index contributed by atoms with van der Waals surface area (Å²) in [6.45, 7) is 6.35. The first kappa shape index (κ1) is 16.4. The topological polar surface area (TPSA) is 56.3 Å². The number of halogens is 1. The van der Waals surface area contributed by atoms with Gasteiger partial charge < -0.3 is 15.4 Å². The van der Waals surface area contributed by atoms with Crippen molar-refractivity contribution in [2.75, 3.05) is 27.2 Å². The molecule has 110 valence electrons. The third-order valence-corrected chi connectivity index (χ3v) is 3.38. The van der Waals surface area contributed by atoms with Crippen LogP contribution in [0.15, 0.2) is 6.20 Å². The van der Waals surface area contributed by atoms with Gasteiger partial charge >= 0.3 is 0 Å². The molecule has 0 aliphatic rings. The second-order valence-electron chi connectivity index (χ2n) is 4.83. The molecular weight excluding hydrogens is 264 g/mol. The van der Waals surface area contributed by atoms with Crippen LogP contribution in [-0.2, 0) is 11.3 Å². The standard InChI is InChI=1S/C13H25ClN4O/c1-5-11(19-6-2)12(15)13-10(14)9-16-18(13)8-7-17(3)4/h9,11-12H,5-8,15H2,1-4H3. The van der Waals surface area contributed by atoms with E-state index in [0.29, 0.717) is 11.6 Å². The predicted octanol–water partition coefficient (Wildman–Crippen LogP) is 1.91. The quantitative estimate of drug-likeness (QED) is 0.794. The van der Waals surface area contributed by atoms with E-state index < -0.39 is 0 Å². The molecule has 0 aromatic carbocycles. The molecule has 1 aromatic rings. The zero-order valence-electron chi connectivity index (χ0n) is 12.3. The first-order valence-corrected chi connectivity index (χ1v) is 7.12. The molecule has 1 heterocycles. The van der Waals surface area contributed by atoms with Crippen LogP contribution in [0.4, 0.5) is 0 Å². The van der Waals surface area contributed by atoms with Crippen molar-refractivity contribution in [3.05, 3.63) is 16.9 Å². The number of hydrogen-bond acceptors (Lipinski definition) is 4. The van der Waals surface area contributed by atoms with Crippen LogP contribution in [0.5, 0.6) is 0 Å². The highest BCUT2D eigenvalue weighted by Crippen LogP contribution is 2.26. The molecule has 0 fully saturated rings. The third-order valence-electron chi connectivity index (χ3n) is 3.09. The van der Waals surface area contributed by atoms with E-state index in [4.69, 9.17) is 22.1 Å². The fourth-order valence-electron chi connectivity index (χ4n) is 2.04. The van der Waals surface area contributed by atoms with Gasteiger partial charge in [-0.2, -0.15) is 5.10 Å². The van der Waals surface area contributed by atoms with Crippen LogP contribution in [0.2, 0.25) is 5.02 Å². The molecule has 1 rings (SSSR count). The van der Waals surface area contributed by atoms with Crippen LogP contribution >= 0.6 is 11.6 Å². The number of hydrogen-bond donors (Lipinski definition) is 1. The molecule has 2 atom stereocenters. The largest absolute Gasteiger partial charge is 0.376 e. The summed E-state index contributed by atoms with van der Waals surface area (Å²) in [5.74, 6) is 0. The lowest BCUT2D eigenvalue weighted by Gasteiger charge is -2.24. The minimum absolute atomic E-state index is 0.0303. The number of likely N-dealkylation sites (N-methyl/N-ethyl adjacent to an activating group) is 1. The van der Waals surface area contributed by atoms with Crippen molar-refractivity contribution in [1.82, 2.24) is 14.7 Å². The Balaban J connectivity index is 2.87. The summed E-state index contributed by atoms with van der Waals surface area (Å²) in [4.78, 5) is 2.10. The van der Waals surface area contributed by atoms with Crippen molar-refractivity contribution in [3.63, 3.8) is 0 Å². The molecule has 0 aliphatic heterocycles. The Bertz CT molecular complexity index is 381. The average molecular weight is 289 g/mol. The van der Waals surface area contributed by atoms with Crippen LogP contribution in [0.1, 0.15) is 32.0 Å². The molecule has 0 saturated heterocycles. The highest BCUT2D eigenvalue weighted by Gasteiger charge is 2.24. The van der Waals surface area contributed by atoms with E-state index in [1.165, 1.54) is 0 Å². The van der Waals surface area contributed by atoms with Gasteiger partial charge in [-0.25, -0.2) is 0 Å². The van der Waals surface area contributed by atoms with E-state index in [1.807, 2.05) is 25.7 Å². The summed E-state index contributed by atoms with van der Waals surface area (Å²) in [6.07, 6.45) is 2.48. The molecule has 6 heteroatoms. The summed E-state index contributed by atoms with van der Waals surface area (Å²) in [5, 5.41) is 4.92. The Kier molecular flexibility index (Phi) is 6.79. The average Bonchev–Trinajstić information content (AvgIpc) is 2.74. The third kappa shape index (κ3) is 4.45. The van der Waals surface area contributed by atoms with E-state index in [9.17, 15) is 0 Å². The SMILES string of the molecule is CCOC(CC)C(N)c1c(Cl)cnn1CCN(C)C. The number of ether oxygens (including phenoxy) is 1. The molecule has 5 nitrogen and oxygen atoms in total. The van der Waals surface area contributed by atoms with Crippen molar-refractivity contribution < 1.29 is 4.74 Å². The molecule has 0 saturated carbocycles. The van der Waals surface area contributed by atoms with Gasteiger partial charge in [-0.1, -0.05) is 18.5 Å². The summed E-state index contributed by atoms with van der Waals surface area (Å²) < 4.78 is 7.56. The number of rotatable bonds is 8. The molecule has 0 aliphatic carbocycles. The van der Waals surface area contributed by atoms with Crippen LogP contribution in [0, 0.1) is 0 Å². The molecule has 0 amide bonds. The van der Waals surface area contributed by atoms with Gasteiger partial charge in [0.25, 0.3) is 0 Å². The fourth-order valence-corrected chi connectivity index (χ4v) is 2.31. The van der Waals surface area contributed by atoms with Gasteiger partial charge in [-0.15, -0.1) is 0 Å². The van der Waals surface area contributed by atoms with Gasteiger partial charge in [-0.3, -0.25) is 4.68 Å². The van der Waals surface area contributed by atoms with Gasteiger partial charge in [0, 0.05) is 13.2 Å². The molecule has 2 N–H and O–H groups in total. The Hall–Kier alpha value is -0.620. The van der Waals surface area contributed by atoms with Crippen molar-refractivity contribution in [2.45, 2.75) is 39.0 Å². The summed E-state index contributed by atoms with van der Waals surface area (Å²) in [6, 6.07) is -0.248. The first-order valence-electron chi connectivity index (χ1n) is 6.74. The normalized spacial score (nSPS) is 14.9. The lowest BCUT2D eigenvalue weighted by molar-refractivity contribution is 0.0392. The number of nitrogens with zero attached hydrogens (tertiary/aromatic N) is 3. The smallest absolute Gasteiger partial charge is 0.0835 e. The number of nitrogens with two attached hydrogens (primary N) is 1. The van der Waals surface area contributed by atoms with Gasteiger partial charge in [0.05, 0.1) is 35.6 Å². The van der Waals surface area contributed by atoms with Crippen LogP contribution in [0.3, 0.4) is 0 Å². The Morgan fingerprint density at radius 3 is 2.68 bits per heavy atom. The van der Waals surface area contributed by atoms with E-state index >= 15 is 0 Å². The minimum Gasteiger partial charge on any atom is -0.376 e. The van der Waals surface area contributed by atoms with Gasteiger partial charge in [0.1, 0.15) is 0 Å². The second kappa shape index (κ2) is 7.85. The second-order valence-corrected chi connectivity index (χ2v) is 5.24. The molecule has 19 heavy (non-hydrogen) atoms. The highest BCUT2D eigenvalue weighted by atomic mass is 35.5. The summed E-state index contributed by atoms with van der Waals surface area (Å²) >= 11 is 6.22. The molecular formula is C13H25ClN4O.